The molecule has 4 aromatic rings. The third-order valence-corrected chi connectivity index (χ3v) is 8.52. The summed E-state index contributed by atoms with van der Waals surface area (Å²) >= 11 is 1.23. The second-order valence-corrected chi connectivity index (χ2v) is 10.8. The van der Waals surface area contributed by atoms with Gasteiger partial charge in [0.1, 0.15) is 0 Å². The zero-order valence-corrected chi connectivity index (χ0v) is 18.8. The Morgan fingerprint density at radius 3 is 2.81 bits per heavy atom. The summed E-state index contributed by atoms with van der Waals surface area (Å²) in [5.41, 5.74) is 5.45. The molecule has 0 bridgehead atoms. The first-order valence-corrected chi connectivity index (χ1v) is 12.4. The van der Waals surface area contributed by atoms with Crippen molar-refractivity contribution in [3.63, 3.8) is 0 Å². The molecule has 0 fully saturated rings. The van der Waals surface area contributed by atoms with Crippen molar-refractivity contribution in [1.82, 2.24) is 23.6 Å². The van der Waals surface area contributed by atoms with Gasteiger partial charge in [0, 0.05) is 50.1 Å². The van der Waals surface area contributed by atoms with Crippen LogP contribution in [-0.2, 0) is 30.0 Å². The Hall–Kier alpha value is -2.82. The molecule has 0 unspecified atom stereocenters. The molecule has 1 aromatic carbocycles. The maximum Gasteiger partial charge on any atom is 0.307 e. The van der Waals surface area contributed by atoms with Crippen LogP contribution in [-0.4, -0.2) is 44.4 Å². The molecule has 0 atom stereocenters. The summed E-state index contributed by atoms with van der Waals surface area (Å²) in [4.78, 5) is 16.3. The minimum Gasteiger partial charge on any atom is -0.302 e. The second-order valence-electron chi connectivity index (χ2n) is 7.57. The lowest BCUT2D eigenvalue weighted by Crippen LogP contribution is -2.36. The van der Waals surface area contributed by atoms with Crippen molar-refractivity contribution in [2.75, 3.05) is 12.3 Å². The highest BCUT2D eigenvalue weighted by atomic mass is 32.2. The van der Waals surface area contributed by atoms with Crippen molar-refractivity contribution in [2.24, 2.45) is 7.05 Å². The standard InChI is InChI=1S/C21H21N5O3S2/c1-3-31(28,29)25-7-6-18-16(12-25)13-26(23-18)17-8-15(10-22-11-17)14-4-5-19-20(9-14)30-21(27)24(19)2/h4-5,8-11,13H,3,6-7,12H2,1-2H3. The van der Waals surface area contributed by atoms with E-state index in [0.717, 1.165) is 38.3 Å². The van der Waals surface area contributed by atoms with E-state index in [-0.39, 0.29) is 10.6 Å². The van der Waals surface area contributed by atoms with Gasteiger partial charge in [-0.3, -0.25) is 9.78 Å². The molecule has 0 N–H and O–H groups in total. The number of hydrogen-bond acceptors (Lipinski definition) is 6. The van der Waals surface area contributed by atoms with E-state index in [1.165, 1.54) is 15.6 Å². The molecule has 0 saturated heterocycles. The molecule has 0 saturated carbocycles. The third-order valence-electron chi connectivity index (χ3n) is 5.69. The van der Waals surface area contributed by atoms with Gasteiger partial charge in [0.15, 0.2) is 0 Å². The number of sulfonamides is 1. The Morgan fingerprint density at radius 2 is 2.00 bits per heavy atom. The van der Waals surface area contributed by atoms with Crippen LogP contribution in [0.15, 0.2) is 47.7 Å². The topological polar surface area (TPSA) is 90.1 Å². The van der Waals surface area contributed by atoms with Gasteiger partial charge in [-0.15, -0.1) is 0 Å². The van der Waals surface area contributed by atoms with Gasteiger partial charge in [0.05, 0.1) is 33.5 Å². The van der Waals surface area contributed by atoms with Crippen LogP contribution in [0, 0.1) is 0 Å². The quantitative estimate of drug-likeness (QED) is 0.472. The first-order chi connectivity index (χ1) is 14.9. The summed E-state index contributed by atoms with van der Waals surface area (Å²) in [5.74, 6) is 0.100. The molecule has 1 aliphatic heterocycles. The number of hydrogen-bond donors (Lipinski definition) is 0. The van der Waals surface area contributed by atoms with E-state index >= 15 is 0 Å². The zero-order valence-electron chi connectivity index (χ0n) is 17.1. The van der Waals surface area contributed by atoms with E-state index in [9.17, 15) is 13.2 Å². The third kappa shape index (κ3) is 3.50. The lowest BCUT2D eigenvalue weighted by Gasteiger charge is -2.24. The molecule has 1 aliphatic rings. The van der Waals surface area contributed by atoms with Crippen molar-refractivity contribution >= 4 is 31.6 Å². The Morgan fingerprint density at radius 1 is 1.16 bits per heavy atom. The van der Waals surface area contributed by atoms with Gasteiger partial charge in [0.25, 0.3) is 0 Å². The minimum absolute atomic E-state index is 0.0141. The Labute approximate surface area is 183 Å². The fraction of sp³-hybridized carbons (Fsp3) is 0.286. The lowest BCUT2D eigenvalue weighted by molar-refractivity contribution is 0.390. The van der Waals surface area contributed by atoms with Gasteiger partial charge in [-0.05, 0) is 30.7 Å². The highest BCUT2D eigenvalue weighted by molar-refractivity contribution is 7.89. The predicted octanol–water partition coefficient (Wildman–Crippen LogP) is 2.56. The molecule has 0 amide bonds. The highest BCUT2D eigenvalue weighted by Crippen LogP contribution is 2.27. The number of fused-ring (bicyclic) bond motifs is 2. The maximum atomic E-state index is 12.2. The van der Waals surface area contributed by atoms with Gasteiger partial charge in [-0.1, -0.05) is 17.4 Å². The van der Waals surface area contributed by atoms with Crippen LogP contribution in [0.2, 0.25) is 0 Å². The van der Waals surface area contributed by atoms with Gasteiger partial charge < -0.3 is 4.57 Å². The molecule has 0 radical (unpaired) electrons. The number of nitrogens with zero attached hydrogens (tertiary/aromatic N) is 5. The van der Waals surface area contributed by atoms with Crippen molar-refractivity contribution in [3.8, 4) is 16.8 Å². The van der Waals surface area contributed by atoms with E-state index in [2.05, 4.69) is 10.1 Å². The summed E-state index contributed by atoms with van der Waals surface area (Å²) in [5, 5.41) is 4.68. The van der Waals surface area contributed by atoms with Crippen LogP contribution >= 0.6 is 11.3 Å². The fourth-order valence-electron chi connectivity index (χ4n) is 3.86. The van der Waals surface area contributed by atoms with Gasteiger partial charge in [-0.2, -0.15) is 9.40 Å². The molecule has 10 heteroatoms. The number of benzene rings is 1. The van der Waals surface area contributed by atoms with Gasteiger partial charge >= 0.3 is 4.87 Å². The number of aryl methyl sites for hydroxylation is 1. The Bertz CT molecular complexity index is 1470. The Kier molecular flexibility index (Phi) is 4.80. The molecule has 0 spiro atoms. The zero-order chi connectivity index (χ0) is 21.8. The molecule has 0 aliphatic carbocycles. The number of pyridine rings is 1. The first kappa shape index (κ1) is 20.1. The van der Waals surface area contributed by atoms with Crippen LogP contribution in [0.3, 0.4) is 0 Å². The fourth-order valence-corrected chi connectivity index (χ4v) is 5.85. The van der Waals surface area contributed by atoms with Gasteiger partial charge in [0.2, 0.25) is 10.0 Å². The monoisotopic (exact) mass is 455 g/mol. The first-order valence-electron chi connectivity index (χ1n) is 9.96. The molecule has 160 valence electrons. The number of thiazole rings is 1. The van der Waals surface area contributed by atoms with Crippen LogP contribution < -0.4 is 4.87 Å². The SMILES string of the molecule is CCS(=O)(=O)N1CCc2nn(-c3cncc(-c4ccc5c(c4)sc(=O)n5C)c3)cc2C1. The van der Waals surface area contributed by atoms with Gasteiger partial charge in [-0.25, -0.2) is 13.1 Å². The summed E-state index contributed by atoms with van der Waals surface area (Å²) < 4.78 is 30.3. The summed E-state index contributed by atoms with van der Waals surface area (Å²) in [6, 6.07) is 7.93. The van der Waals surface area contributed by atoms with Crippen molar-refractivity contribution in [3.05, 3.63) is 63.8 Å². The van der Waals surface area contributed by atoms with Crippen molar-refractivity contribution in [2.45, 2.75) is 19.9 Å². The van der Waals surface area contributed by atoms with Crippen molar-refractivity contribution in [1.29, 1.82) is 0 Å². The average Bonchev–Trinajstić information content (AvgIpc) is 3.33. The average molecular weight is 456 g/mol. The molecule has 4 heterocycles. The van der Waals surface area contributed by atoms with E-state index in [1.54, 1.807) is 35.6 Å². The van der Waals surface area contributed by atoms with Crippen LogP contribution in [0.1, 0.15) is 18.2 Å². The molecule has 8 nitrogen and oxygen atoms in total. The molecule has 3 aromatic heterocycles. The summed E-state index contributed by atoms with van der Waals surface area (Å²) in [6.07, 6.45) is 6.01. The van der Waals surface area contributed by atoms with E-state index in [4.69, 9.17) is 0 Å². The van der Waals surface area contributed by atoms with Crippen molar-refractivity contribution < 1.29 is 8.42 Å². The van der Waals surface area contributed by atoms with Crippen LogP contribution in [0.5, 0.6) is 0 Å². The maximum absolute atomic E-state index is 12.2. The molecular weight excluding hydrogens is 434 g/mol. The Balaban J connectivity index is 1.49. The minimum atomic E-state index is -3.22. The molecule has 5 rings (SSSR count). The van der Waals surface area contributed by atoms with E-state index < -0.39 is 10.0 Å². The van der Waals surface area contributed by atoms with Crippen LogP contribution in [0.25, 0.3) is 27.0 Å². The number of rotatable bonds is 4. The molecular formula is C21H21N5O3S2. The smallest absolute Gasteiger partial charge is 0.302 e. The summed E-state index contributed by atoms with van der Waals surface area (Å²) in [6.45, 7) is 2.47. The van der Waals surface area contributed by atoms with Crippen LogP contribution in [0.4, 0.5) is 0 Å². The lowest BCUT2D eigenvalue weighted by atomic mass is 10.1. The van der Waals surface area contributed by atoms with E-state index in [1.807, 2.05) is 30.5 Å². The predicted molar refractivity (Wildman–Crippen MR) is 121 cm³/mol. The number of aromatic nitrogens is 4. The molecule has 31 heavy (non-hydrogen) atoms. The normalized spacial score (nSPS) is 14.8. The highest BCUT2D eigenvalue weighted by Gasteiger charge is 2.27. The summed E-state index contributed by atoms with van der Waals surface area (Å²) in [7, 11) is -1.45. The van der Waals surface area contributed by atoms with E-state index in [0.29, 0.717) is 19.5 Å². The largest absolute Gasteiger partial charge is 0.307 e. The second kappa shape index (κ2) is 7.40.